The zero-order valence-electron chi connectivity index (χ0n) is 9.95. The molecule has 1 fully saturated rings. The van der Waals surface area contributed by atoms with Crippen LogP contribution in [0.15, 0.2) is 0 Å². The number of nitrogens with one attached hydrogen (secondary N) is 1. The van der Waals surface area contributed by atoms with Gasteiger partial charge in [-0.3, -0.25) is 4.79 Å². The quantitative estimate of drug-likeness (QED) is 0.746. The van der Waals surface area contributed by atoms with Gasteiger partial charge in [-0.25, -0.2) is 0 Å². The number of likely N-dealkylation sites (N-methyl/N-ethyl adjacent to an activating group) is 1. The van der Waals surface area contributed by atoms with Crippen LogP contribution < -0.4 is 5.32 Å². The molecule has 0 aromatic carbocycles. The number of nitrogens with zero attached hydrogens (tertiary/aromatic N) is 1. The SMILES string of the molecule is CCC(OC)C(=O)N(C)C1CCNCC1. The zero-order valence-corrected chi connectivity index (χ0v) is 9.95. The summed E-state index contributed by atoms with van der Waals surface area (Å²) in [5.41, 5.74) is 0. The van der Waals surface area contributed by atoms with Crippen molar-refractivity contribution in [2.45, 2.75) is 38.3 Å². The van der Waals surface area contributed by atoms with Gasteiger partial charge in [0.1, 0.15) is 6.10 Å². The van der Waals surface area contributed by atoms with Gasteiger partial charge in [0, 0.05) is 20.2 Å². The van der Waals surface area contributed by atoms with Gasteiger partial charge in [-0.15, -0.1) is 0 Å². The lowest BCUT2D eigenvalue weighted by Gasteiger charge is -2.33. The largest absolute Gasteiger partial charge is 0.372 e. The van der Waals surface area contributed by atoms with E-state index >= 15 is 0 Å². The Kier molecular flexibility index (Phi) is 5.05. The lowest BCUT2D eigenvalue weighted by Crippen LogP contribution is -2.47. The van der Waals surface area contributed by atoms with Gasteiger partial charge in [0.15, 0.2) is 0 Å². The number of rotatable bonds is 4. The van der Waals surface area contributed by atoms with Crippen LogP contribution in [0.1, 0.15) is 26.2 Å². The van der Waals surface area contributed by atoms with E-state index < -0.39 is 0 Å². The molecule has 1 atom stereocenters. The fourth-order valence-corrected chi connectivity index (χ4v) is 2.04. The highest BCUT2D eigenvalue weighted by atomic mass is 16.5. The van der Waals surface area contributed by atoms with Crippen LogP contribution in [-0.4, -0.2) is 50.2 Å². The Labute approximate surface area is 92.0 Å². The van der Waals surface area contributed by atoms with Crippen molar-refractivity contribution in [3.05, 3.63) is 0 Å². The van der Waals surface area contributed by atoms with Crippen molar-refractivity contribution in [3.63, 3.8) is 0 Å². The smallest absolute Gasteiger partial charge is 0.251 e. The molecule has 0 aromatic rings. The van der Waals surface area contributed by atoms with Crippen LogP contribution >= 0.6 is 0 Å². The molecule has 0 aliphatic carbocycles. The minimum Gasteiger partial charge on any atom is -0.372 e. The molecule has 0 bridgehead atoms. The second-order valence-corrected chi connectivity index (χ2v) is 4.06. The number of hydrogen-bond acceptors (Lipinski definition) is 3. The van der Waals surface area contributed by atoms with E-state index in [1.807, 2.05) is 18.9 Å². The number of hydrogen-bond donors (Lipinski definition) is 1. The van der Waals surface area contributed by atoms with E-state index in [9.17, 15) is 4.79 Å². The predicted molar refractivity (Wildman–Crippen MR) is 59.7 cm³/mol. The highest BCUT2D eigenvalue weighted by Gasteiger charge is 2.26. The first-order valence-electron chi connectivity index (χ1n) is 5.70. The number of methoxy groups -OCH3 is 1. The molecule has 1 heterocycles. The Morgan fingerprint density at radius 1 is 1.53 bits per heavy atom. The third-order valence-corrected chi connectivity index (χ3v) is 3.13. The molecule has 1 rings (SSSR count). The first-order valence-corrected chi connectivity index (χ1v) is 5.70. The Morgan fingerprint density at radius 2 is 2.13 bits per heavy atom. The maximum Gasteiger partial charge on any atom is 0.251 e. The average molecular weight is 214 g/mol. The molecule has 4 nitrogen and oxygen atoms in total. The Bertz CT molecular complexity index is 199. The maximum absolute atomic E-state index is 12.0. The lowest BCUT2D eigenvalue weighted by molar-refractivity contribution is -0.143. The van der Waals surface area contributed by atoms with Gasteiger partial charge in [-0.05, 0) is 32.4 Å². The summed E-state index contributed by atoms with van der Waals surface area (Å²) in [5.74, 6) is 0.118. The fourth-order valence-electron chi connectivity index (χ4n) is 2.04. The molecule has 4 heteroatoms. The van der Waals surface area contributed by atoms with E-state index in [2.05, 4.69) is 5.32 Å². The van der Waals surface area contributed by atoms with Gasteiger partial charge in [0.2, 0.25) is 0 Å². The average Bonchev–Trinajstić information content (AvgIpc) is 2.30. The van der Waals surface area contributed by atoms with Gasteiger partial charge < -0.3 is 15.0 Å². The second-order valence-electron chi connectivity index (χ2n) is 4.06. The predicted octanol–water partition coefficient (Wildman–Crippen LogP) is 0.622. The van der Waals surface area contributed by atoms with E-state index in [1.54, 1.807) is 7.11 Å². The van der Waals surface area contributed by atoms with E-state index in [0.717, 1.165) is 32.4 Å². The Balaban J connectivity index is 2.49. The summed E-state index contributed by atoms with van der Waals surface area (Å²) < 4.78 is 5.17. The van der Waals surface area contributed by atoms with Crippen LogP contribution in [0.25, 0.3) is 0 Å². The topological polar surface area (TPSA) is 41.6 Å². The molecule has 0 saturated carbocycles. The molecular weight excluding hydrogens is 192 g/mol. The van der Waals surface area contributed by atoms with Crippen LogP contribution in [0.3, 0.4) is 0 Å². The van der Waals surface area contributed by atoms with Gasteiger partial charge in [0.05, 0.1) is 0 Å². The van der Waals surface area contributed by atoms with E-state index in [1.165, 1.54) is 0 Å². The number of amides is 1. The van der Waals surface area contributed by atoms with Gasteiger partial charge >= 0.3 is 0 Å². The normalized spacial score (nSPS) is 19.9. The van der Waals surface area contributed by atoms with Gasteiger partial charge in [-0.1, -0.05) is 6.92 Å². The van der Waals surface area contributed by atoms with Crippen LogP contribution in [0, 0.1) is 0 Å². The summed E-state index contributed by atoms with van der Waals surface area (Å²) in [5, 5.41) is 3.30. The molecule has 1 aliphatic rings. The summed E-state index contributed by atoms with van der Waals surface area (Å²) in [7, 11) is 3.49. The number of ether oxygens (including phenoxy) is 1. The van der Waals surface area contributed by atoms with Crippen LogP contribution in [-0.2, 0) is 9.53 Å². The summed E-state index contributed by atoms with van der Waals surface area (Å²) in [6.07, 6.45) is 2.56. The van der Waals surface area contributed by atoms with Crippen LogP contribution in [0.2, 0.25) is 0 Å². The van der Waals surface area contributed by atoms with Crippen molar-refractivity contribution in [2.75, 3.05) is 27.2 Å². The van der Waals surface area contributed by atoms with Gasteiger partial charge in [0.25, 0.3) is 5.91 Å². The molecule has 88 valence electrons. The Morgan fingerprint density at radius 3 is 2.60 bits per heavy atom. The molecule has 1 amide bonds. The summed E-state index contributed by atoms with van der Waals surface area (Å²) in [4.78, 5) is 13.8. The lowest BCUT2D eigenvalue weighted by atomic mass is 10.0. The molecular formula is C11H22N2O2. The van der Waals surface area contributed by atoms with Crippen molar-refractivity contribution in [2.24, 2.45) is 0 Å². The Hall–Kier alpha value is -0.610. The molecule has 1 N–H and O–H groups in total. The third kappa shape index (κ3) is 3.18. The van der Waals surface area contributed by atoms with Crippen molar-refractivity contribution < 1.29 is 9.53 Å². The number of carbonyl (C=O) groups is 1. The third-order valence-electron chi connectivity index (χ3n) is 3.13. The minimum absolute atomic E-state index is 0.118. The molecule has 1 aliphatic heterocycles. The monoisotopic (exact) mass is 214 g/mol. The first-order chi connectivity index (χ1) is 7.20. The standard InChI is InChI=1S/C11H22N2O2/c1-4-10(15-3)11(14)13(2)9-5-7-12-8-6-9/h9-10,12H,4-8H2,1-3H3. The number of piperidine rings is 1. The van der Waals surface area contributed by atoms with Crippen molar-refractivity contribution in [3.8, 4) is 0 Å². The van der Waals surface area contributed by atoms with Crippen molar-refractivity contribution >= 4 is 5.91 Å². The molecule has 1 unspecified atom stereocenters. The molecule has 1 saturated heterocycles. The van der Waals surface area contributed by atoms with E-state index in [4.69, 9.17) is 4.74 Å². The van der Waals surface area contributed by atoms with Crippen molar-refractivity contribution in [1.29, 1.82) is 0 Å². The molecule has 0 aromatic heterocycles. The van der Waals surface area contributed by atoms with Crippen LogP contribution in [0.5, 0.6) is 0 Å². The van der Waals surface area contributed by atoms with E-state index in [0.29, 0.717) is 6.04 Å². The fraction of sp³-hybridized carbons (Fsp3) is 0.909. The number of carbonyl (C=O) groups excluding carboxylic acids is 1. The summed E-state index contributed by atoms with van der Waals surface area (Å²) >= 11 is 0. The maximum atomic E-state index is 12.0. The van der Waals surface area contributed by atoms with Gasteiger partial charge in [-0.2, -0.15) is 0 Å². The molecule has 0 radical (unpaired) electrons. The summed E-state index contributed by atoms with van der Waals surface area (Å²) in [6.45, 7) is 3.99. The van der Waals surface area contributed by atoms with Crippen LogP contribution in [0.4, 0.5) is 0 Å². The minimum atomic E-state index is -0.273. The summed E-state index contributed by atoms with van der Waals surface area (Å²) in [6, 6.07) is 0.378. The molecule has 15 heavy (non-hydrogen) atoms. The van der Waals surface area contributed by atoms with E-state index in [-0.39, 0.29) is 12.0 Å². The highest BCUT2D eigenvalue weighted by Crippen LogP contribution is 2.12. The highest BCUT2D eigenvalue weighted by molar-refractivity contribution is 5.80. The van der Waals surface area contributed by atoms with Crippen molar-refractivity contribution in [1.82, 2.24) is 10.2 Å². The second kappa shape index (κ2) is 6.08. The molecule has 0 spiro atoms. The first kappa shape index (κ1) is 12.5. The zero-order chi connectivity index (χ0) is 11.3.